The Morgan fingerprint density at radius 1 is 1.33 bits per heavy atom. The van der Waals surface area contributed by atoms with E-state index in [1.807, 2.05) is 30.3 Å². The molecule has 1 unspecified atom stereocenters. The smallest absolute Gasteiger partial charge is 0.332 e. The van der Waals surface area contributed by atoms with Gasteiger partial charge in [0, 0.05) is 6.92 Å². The van der Waals surface area contributed by atoms with Crippen molar-refractivity contribution in [2.75, 3.05) is 6.61 Å². The molecule has 0 fully saturated rings. The fourth-order valence-corrected chi connectivity index (χ4v) is 1.41. The lowest BCUT2D eigenvalue weighted by Crippen LogP contribution is -2.39. The summed E-state index contributed by atoms with van der Waals surface area (Å²) in [5, 5.41) is 2.53. The molecule has 1 N–H and O–H groups in total. The Labute approximate surface area is 107 Å². The summed E-state index contributed by atoms with van der Waals surface area (Å²) < 4.78 is 4.89. The summed E-state index contributed by atoms with van der Waals surface area (Å²) >= 11 is 0. The summed E-state index contributed by atoms with van der Waals surface area (Å²) in [6.07, 6.45) is 3.40. The van der Waals surface area contributed by atoms with Crippen molar-refractivity contribution in [1.82, 2.24) is 5.32 Å². The number of esters is 1. The lowest BCUT2D eigenvalue weighted by molar-refractivity contribution is -0.145. The Morgan fingerprint density at radius 3 is 2.56 bits per heavy atom. The number of hydrogen-bond donors (Lipinski definition) is 1. The van der Waals surface area contributed by atoms with Crippen LogP contribution in [0.4, 0.5) is 0 Å². The maximum absolute atomic E-state index is 11.6. The van der Waals surface area contributed by atoms with Gasteiger partial charge in [0.1, 0.15) is 6.04 Å². The van der Waals surface area contributed by atoms with Crippen LogP contribution in [0, 0.1) is 0 Å². The van der Waals surface area contributed by atoms with E-state index in [0.29, 0.717) is 0 Å². The van der Waals surface area contributed by atoms with E-state index in [1.165, 1.54) is 6.92 Å². The molecular weight excluding hydrogens is 230 g/mol. The summed E-state index contributed by atoms with van der Waals surface area (Å²) in [6, 6.07) is 8.78. The third-order valence-corrected chi connectivity index (χ3v) is 2.18. The Balaban J connectivity index is 2.74. The van der Waals surface area contributed by atoms with Gasteiger partial charge in [-0.2, -0.15) is 0 Å². The van der Waals surface area contributed by atoms with Crippen LogP contribution in [0.5, 0.6) is 0 Å². The molecule has 0 heterocycles. The van der Waals surface area contributed by atoms with E-state index in [-0.39, 0.29) is 12.5 Å². The molecule has 96 valence electrons. The van der Waals surface area contributed by atoms with Crippen molar-refractivity contribution >= 4 is 18.0 Å². The largest absolute Gasteiger partial charge is 0.464 e. The van der Waals surface area contributed by atoms with Crippen LogP contribution in [0.2, 0.25) is 0 Å². The fourth-order valence-electron chi connectivity index (χ4n) is 1.41. The second-order valence-electron chi connectivity index (χ2n) is 3.70. The predicted molar refractivity (Wildman–Crippen MR) is 69.7 cm³/mol. The summed E-state index contributed by atoms with van der Waals surface area (Å²) in [6.45, 7) is 3.38. The number of nitrogens with one attached hydrogen (secondary N) is 1. The third kappa shape index (κ3) is 4.82. The first-order chi connectivity index (χ1) is 8.63. The van der Waals surface area contributed by atoms with Crippen LogP contribution < -0.4 is 5.32 Å². The van der Waals surface area contributed by atoms with Crippen LogP contribution >= 0.6 is 0 Å². The maximum atomic E-state index is 11.6. The van der Waals surface area contributed by atoms with E-state index in [4.69, 9.17) is 4.74 Å². The lowest BCUT2D eigenvalue weighted by Gasteiger charge is -2.12. The van der Waals surface area contributed by atoms with Crippen molar-refractivity contribution in [2.24, 2.45) is 0 Å². The van der Waals surface area contributed by atoms with Gasteiger partial charge in [0.25, 0.3) is 0 Å². The zero-order valence-electron chi connectivity index (χ0n) is 10.6. The Hall–Kier alpha value is -2.10. The van der Waals surface area contributed by atoms with Gasteiger partial charge in [0.05, 0.1) is 6.61 Å². The zero-order chi connectivity index (χ0) is 13.4. The van der Waals surface area contributed by atoms with Gasteiger partial charge in [0.2, 0.25) is 5.91 Å². The standard InChI is InChI=1S/C14H17NO3/c1-3-18-14(17)13(15-11(2)16)10-9-12-7-5-4-6-8-12/h4-10,13H,3H2,1-2H3,(H,15,16)/b10-9+. The van der Waals surface area contributed by atoms with Crippen LogP contribution in [0.25, 0.3) is 6.08 Å². The predicted octanol–water partition coefficient (Wildman–Crippen LogP) is 1.77. The molecule has 0 bridgehead atoms. The highest BCUT2D eigenvalue weighted by molar-refractivity contribution is 5.85. The topological polar surface area (TPSA) is 55.4 Å². The first-order valence-electron chi connectivity index (χ1n) is 5.80. The number of ether oxygens (including phenoxy) is 1. The molecule has 1 aromatic carbocycles. The van der Waals surface area contributed by atoms with Gasteiger partial charge < -0.3 is 10.1 Å². The number of benzene rings is 1. The number of amides is 1. The average Bonchev–Trinajstić information content (AvgIpc) is 2.35. The monoisotopic (exact) mass is 247 g/mol. The molecule has 4 heteroatoms. The van der Waals surface area contributed by atoms with Crippen LogP contribution in [-0.4, -0.2) is 24.5 Å². The van der Waals surface area contributed by atoms with E-state index in [1.54, 1.807) is 19.1 Å². The second kappa shape index (κ2) is 7.27. The number of carbonyl (C=O) groups is 2. The average molecular weight is 247 g/mol. The zero-order valence-corrected chi connectivity index (χ0v) is 10.6. The molecule has 0 radical (unpaired) electrons. The molecule has 0 aliphatic heterocycles. The van der Waals surface area contributed by atoms with Crippen molar-refractivity contribution in [3.8, 4) is 0 Å². The van der Waals surface area contributed by atoms with E-state index >= 15 is 0 Å². The van der Waals surface area contributed by atoms with Crippen molar-refractivity contribution in [3.63, 3.8) is 0 Å². The minimum Gasteiger partial charge on any atom is -0.464 e. The van der Waals surface area contributed by atoms with Crippen LogP contribution in [0.3, 0.4) is 0 Å². The van der Waals surface area contributed by atoms with Gasteiger partial charge in [-0.25, -0.2) is 4.79 Å². The van der Waals surface area contributed by atoms with Crippen LogP contribution in [0.15, 0.2) is 36.4 Å². The molecule has 1 aromatic rings. The van der Waals surface area contributed by atoms with Crippen molar-refractivity contribution in [3.05, 3.63) is 42.0 Å². The van der Waals surface area contributed by atoms with E-state index in [0.717, 1.165) is 5.56 Å². The Kier molecular flexibility index (Phi) is 5.64. The first-order valence-corrected chi connectivity index (χ1v) is 5.80. The van der Waals surface area contributed by atoms with Crippen LogP contribution in [0.1, 0.15) is 19.4 Å². The van der Waals surface area contributed by atoms with Crippen LogP contribution in [-0.2, 0) is 14.3 Å². The van der Waals surface area contributed by atoms with Gasteiger partial charge in [-0.3, -0.25) is 4.79 Å². The highest BCUT2D eigenvalue weighted by Crippen LogP contribution is 2.03. The van der Waals surface area contributed by atoms with Gasteiger partial charge in [-0.1, -0.05) is 42.5 Å². The quantitative estimate of drug-likeness (QED) is 0.807. The molecule has 0 aliphatic rings. The number of carbonyl (C=O) groups excluding carboxylic acids is 2. The minimum atomic E-state index is -0.748. The Morgan fingerprint density at radius 2 is 2.00 bits per heavy atom. The molecule has 0 spiro atoms. The molecule has 0 saturated heterocycles. The van der Waals surface area contributed by atoms with E-state index in [2.05, 4.69) is 5.32 Å². The summed E-state index contributed by atoms with van der Waals surface area (Å²) in [7, 11) is 0. The first kappa shape index (κ1) is 14.0. The van der Waals surface area contributed by atoms with Crippen molar-refractivity contribution in [2.45, 2.75) is 19.9 Å². The molecular formula is C14H17NO3. The molecule has 1 rings (SSSR count). The normalized spacial score (nSPS) is 12.1. The molecule has 1 amide bonds. The summed E-state index contributed by atoms with van der Waals surface area (Å²) in [4.78, 5) is 22.6. The van der Waals surface area contributed by atoms with Crippen molar-refractivity contribution < 1.29 is 14.3 Å². The number of rotatable bonds is 5. The molecule has 0 aliphatic carbocycles. The fraction of sp³-hybridized carbons (Fsp3) is 0.286. The highest BCUT2D eigenvalue weighted by Gasteiger charge is 2.16. The summed E-state index contributed by atoms with van der Waals surface area (Å²) in [5.41, 5.74) is 0.956. The van der Waals surface area contributed by atoms with Gasteiger partial charge in [0.15, 0.2) is 0 Å². The molecule has 0 aromatic heterocycles. The van der Waals surface area contributed by atoms with Gasteiger partial charge in [-0.05, 0) is 12.5 Å². The molecule has 1 atom stereocenters. The SMILES string of the molecule is CCOC(=O)C(/C=C/c1ccccc1)NC(C)=O. The van der Waals surface area contributed by atoms with Crippen molar-refractivity contribution in [1.29, 1.82) is 0 Å². The third-order valence-electron chi connectivity index (χ3n) is 2.18. The van der Waals surface area contributed by atoms with Gasteiger partial charge >= 0.3 is 5.97 Å². The van der Waals surface area contributed by atoms with E-state index < -0.39 is 12.0 Å². The molecule has 18 heavy (non-hydrogen) atoms. The van der Waals surface area contributed by atoms with Gasteiger partial charge in [-0.15, -0.1) is 0 Å². The second-order valence-corrected chi connectivity index (χ2v) is 3.70. The maximum Gasteiger partial charge on any atom is 0.332 e. The lowest BCUT2D eigenvalue weighted by atomic mass is 10.1. The Bertz CT molecular complexity index is 426. The minimum absolute atomic E-state index is 0.272. The molecule has 4 nitrogen and oxygen atoms in total. The highest BCUT2D eigenvalue weighted by atomic mass is 16.5. The number of hydrogen-bond acceptors (Lipinski definition) is 3. The summed E-state index contributed by atoms with van der Waals surface area (Å²) in [5.74, 6) is -0.731. The molecule has 0 saturated carbocycles. The van der Waals surface area contributed by atoms with E-state index in [9.17, 15) is 9.59 Å².